The van der Waals surface area contributed by atoms with Crippen LogP contribution in [0.15, 0.2) is 60.7 Å². The first-order valence-corrected chi connectivity index (χ1v) is 9.99. The van der Waals surface area contributed by atoms with Crippen LogP contribution < -0.4 is 26.8 Å². The maximum absolute atomic E-state index is 12.4. The predicted octanol–water partition coefficient (Wildman–Crippen LogP) is 4.30. The molecule has 0 aliphatic carbocycles. The van der Waals surface area contributed by atoms with Gasteiger partial charge in [0, 0.05) is 10.6 Å². The first-order valence-electron chi connectivity index (χ1n) is 9.24. The monoisotopic (exact) mass is 458 g/mol. The second kappa shape index (κ2) is 10.2. The normalized spacial score (nSPS) is 10.4. The molecule has 3 aromatic rings. The summed E-state index contributed by atoms with van der Waals surface area (Å²) in [5.74, 6) is -0.412. The molecule has 6 N–H and O–H groups in total. The summed E-state index contributed by atoms with van der Waals surface area (Å²) >= 11 is 12.2. The summed E-state index contributed by atoms with van der Waals surface area (Å²) in [5.41, 5.74) is 13.8. The molecule has 9 heteroatoms. The molecule has 0 fully saturated rings. The van der Waals surface area contributed by atoms with E-state index in [2.05, 4.69) is 10.6 Å². The second-order valence-electron chi connectivity index (χ2n) is 6.54. The molecule has 3 aromatic carbocycles. The molecule has 0 bridgehead atoms. The zero-order valence-corrected chi connectivity index (χ0v) is 17.8. The van der Waals surface area contributed by atoms with Crippen molar-refractivity contribution in [3.8, 4) is 5.75 Å². The molecule has 0 atom stereocenters. The van der Waals surface area contributed by atoms with E-state index >= 15 is 0 Å². The highest BCUT2D eigenvalue weighted by Gasteiger charge is 2.14. The quantitative estimate of drug-likeness (QED) is 0.393. The summed E-state index contributed by atoms with van der Waals surface area (Å²) in [5, 5.41) is 5.97. The van der Waals surface area contributed by atoms with Gasteiger partial charge in [0.25, 0.3) is 5.91 Å². The van der Waals surface area contributed by atoms with Gasteiger partial charge in [0.15, 0.2) is 5.75 Å². The Morgan fingerprint density at radius 1 is 0.935 bits per heavy atom. The van der Waals surface area contributed by atoms with Crippen LogP contribution in [-0.2, 0) is 11.4 Å². The molecule has 0 heterocycles. The molecule has 0 saturated heterocycles. The summed E-state index contributed by atoms with van der Waals surface area (Å²) in [6.07, 6.45) is 0. The number of hydrogen-bond acceptors (Lipinski definition) is 5. The van der Waals surface area contributed by atoms with Crippen LogP contribution in [0.3, 0.4) is 0 Å². The number of benzene rings is 3. The van der Waals surface area contributed by atoms with Crippen molar-refractivity contribution in [1.29, 1.82) is 0 Å². The van der Waals surface area contributed by atoms with Gasteiger partial charge in [-0.15, -0.1) is 0 Å². The summed E-state index contributed by atoms with van der Waals surface area (Å²) in [6, 6.07) is 16.9. The lowest BCUT2D eigenvalue weighted by atomic mass is 10.1. The van der Waals surface area contributed by atoms with Crippen molar-refractivity contribution in [2.45, 2.75) is 6.61 Å². The highest BCUT2D eigenvalue weighted by Crippen LogP contribution is 2.37. The third-order valence-electron chi connectivity index (χ3n) is 4.28. The van der Waals surface area contributed by atoms with Crippen molar-refractivity contribution in [2.75, 3.05) is 22.9 Å². The largest absolute Gasteiger partial charge is 0.485 e. The topological polar surface area (TPSA) is 119 Å². The molecule has 0 aliphatic heterocycles. The first-order chi connectivity index (χ1) is 14.9. The second-order valence-corrected chi connectivity index (χ2v) is 7.39. The zero-order chi connectivity index (χ0) is 22.4. The number of nitrogen functional groups attached to an aromatic ring is 1. The highest BCUT2D eigenvalue weighted by atomic mass is 35.5. The van der Waals surface area contributed by atoms with E-state index < -0.39 is 5.91 Å². The molecule has 31 heavy (non-hydrogen) atoms. The molecular weight excluding hydrogens is 439 g/mol. The Balaban J connectivity index is 1.69. The average molecular weight is 459 g/mol. The minimum Gasteiger partial charge on any atom is -0.485 e. The van der Waals surface area contributed by atoms with Crippen LogP contribution in [0.5, 0.6) is 5.75 Å². The van der Waals surface area contributed by atoms with Gasteiger partial charge in [0.2, 0.25) is 5.91 Å². The standard InChI is InChI=1S/C22H20Cl2N4O3/c23-15-9-16(24)21(19(10-15)27-20(29)11-25)31-12-13-5-7-14(8-6-13)22(30)28-18-4-2-1-3-17(18)26/h1-10H,11-12,25-26H2,(H,27,29)(H,28,30). The van der Waals surface area contributed by atoms with E-state index in [9.17, 15) is 9.59 Å². The minimum absolute atomic E-state index is 0.153. The highest BCUT2D eigenvalue weighted by molar-refractivity contribution is 6.36. The van der Waals surface area contributed by atoms with Crippen molar-refractivity contribution in [3.05, 3.63) is 81.8 Å². The fourth-order valence-corrected chi connectivity index (χ4v) is 3.26. The molecule has 0 aromatic heterocycles. The van der Waals surface area contributed by atoms with Crippen molar-refractivity contribution in [1.82, 2.24) is 0 Å². The number of carbonyl (C=O) groups excluding carboxylic acids is 2. The zero-order valence-electron chi connectivity index (χ0n) is 16.3. The molecule has 160 valence electrons. The van der Waals surface area contributed by atoms with Gasteiger partial charge in [-0.05, 0) is 42.0 Å². The Hall–Kier alpha value is -3.26. The van der Waals surface area contributed by atoms with Crippen LogP contribution >= 0.6 is 23.2 Å². The molecule has 7 nitrogen and oxygen atoms in total. The average Bonchev–Trinajstić information content (AvgIpc) is 2.75. The molecule has 0 spiro atoms. The molecular formula is C22H20Cl2N4O3. The number of halogens is 2. The van der Waals surface area contributed by atoms with Gasteiger partial charge in [-0.25, -0.2) is 0 Å². The van der Waals surface area contributed by atoms with Crippen molar-refractivity contribution in [3.63, 3.8) is 0 Å². The number of para-hydroxylation sites is 2. The Morgan fingerprint density at radius 2 is 1.65 bits per heavy atom. The SMILES string of the molecule is NCC(=O)Nc1cc(Cl)cc(Cl)c1OCc1ccc(C(=O)Nc2ccccc2N)cc1. The number of amides is 2. The fourth-order valence-electron chi connectivity index (χ4n) is 2.71. The number of nitrogens with one attached hydrogen (secondary N) is 2. The number of ether oxygens (including phenoxy) is 1. The molecule has 0 unspecified atom stereocenters. The summed E-state index contributed by atoms with van der Waals surface area (Å²) in [4.78, 5) is 24.1. The van der Waals surface area contributed by atoms with E-state index in [0.29, 0.717) is 27.6 Å². The van der Waals surface area contributed by atoms with E-state index in [1.54, 1.807) is 48.5 Å². The summed E-state index contributed by atoms with van der Waals surface area (Å²) < 4.78 is 5.80. The Labute approximate surface area is 189 Å². The van der Waals surface area contributed by atoms with Crippen LogP contribution in [0.25, 0.3) is 0 Å². The van der Waals surface area contributed by atoms with Crippen molar-refractivity contribution < 1.29 is 14.3 Å². The van der Waals surface area contributed by atoms with Crippen LogP contribution in [0.1, 0.15) is 15.9 Å². The van der Waals surface area contributed by atoms with Crippen LogP contribution in [-0.4, -0.2) is 18.4 Å². The summed E-state index contributed by atoms with van der Waals surface area (Å²) in [6.45, 7) is -0.0396. The van der Waals surface area contributed by atoms with Gasteiger partial charge in [-0.2, -0.15) is 0 Å². The fraction of sp³-hybridized carbons (Fsp3) is 0.0909. The van der Waals surface area contributed by atoms with Gasteiger partial charge in [-0.3, -0.25) is 9.59 Å². The maximum atomic E-state index is 12.4. The predicted molar refractivity (Wildman–Crippen MR) is 124 cm³/mol. The molecule has 0 aliphatic rings. The van der Waals surface area contributed by atoms with Gasteiger partial charge in [0.1, 0.15) is 6.61 Å². The molecule has 0 saturated carbocycles. The van der Waals surface area contributed by atoms with E-state index in [-0.39, 0.29) is 29.8 Å². The lowest BCUT2D eigenvalue weighted by Gasteiger charge is -2.15. The maximum Gasteiger partial charge on any atom is 0.255 e. The number of nitrogens with two attached hydrogens (primary N) is 2. The van der Waals surface area contributed by atoms with E-state index in [1.165, 1.54) is 12.1 Å². The van der Waals surface area contributed by atoms with Gasteiger partial charge >= 0.3 is 0 Å². The Bertz CT molecular complexity index is 1100. The van der Waals surface area contributed by atoms with Gasteiger partial charge in [-0.1, -0.05) is 47.5 Å². The number of anilines is 3. The molecule has 3 rings (SSSR count). The van der Waals surface area contributed by atoms with Crippen molar-refractivity contribution >= 4 is 52.1 Å². The van der Waals surface area contributed by atoms with E-state index in [1.807, 2.05) is 0 Å². The van der Waals surface area contributed by atoms with Crippen LogP contribution in [0.4, 0.5) is 17.1 Å². The first kappa shape index (κ1) is 22.4. The van der Waals surface area contributed by atoms with Gasteiger partial charge < -0.3 is 26.8 Å². The number of carbonyl (C=O) groups is 2. The van der Waals surface area contributed by atoms with Crippen LogP contribution in [0.2, 0.25) is 10.0 Å². The Kier molecular flexibility index (Phi) is 7.36. The lowest BCUT2D eigenvalue weighted by molar-refractivity contribution is -0.114. The summed E-state index contributed by atoms with van der Waals surface area (Å²) in [7, 11) is 0. The molecule has 2 amide bonds. The number of rotatable bonds is 7. The van der Waals surface area contributed by atoms with E-state index in [4.69, 9.17) is 39.4 Å². The third-order valence-corrected chi connectivity index (χ3v) is 4.78. The van der Waals surface area contributed by atoms with Gasteiger partial charge in [0.05, 0.1) is 28.6 Å². The Morgan fingerprint density at radius 3 is 2.32 bits per heavy atom. The smallest absolute Gasteiger partial charge is 0.255 e. The lowest BCUT2D eigenvalue weighted by Crippen LogP contribution is -2.22. The number of hydrogen-bond donors (Lipinski definition) is 4. The minimum atomic E-state index is -0.405. The third kappa shape index (κ3) is 5.88. The molecule has 0 radical (unpaired) electrons. The van der Waals surface area contributed by atoms with Crippen molar-refractivity contribution in [2.24, 2.45) is 5.73 Å². The van der Waals surface area contributed by atoms with Crippen LogP contribution in [0, 0.1) is 0 Å². The van der Waals surface area contributed by atoms with E-state index in [0.717, 1.165) is 5.56 Å².